The number of likely N-dealkylation sites (tertiary alicyclic amines) is 1. The number of nitrogens with zero attached hydrogens (tertiary/aromatic N) is 2. The third-order valence-electron chi connectivity index (χ3n) is 2.60. The molecule has 0 atom stereocenters. The highest BCUT2D eigenvalue weighted by Crippen LogP contribution is 2.26. The van der Waals surface area contributed by atoms with E-state index in [2.05, 4.69) is 20.9 Å². The van der Waals surface area contributed by atoms with Crippen LogP contribution in [0.5, 0.6) is 5.75 Å². The topological polar surface area (TPSA) is 25.4 Å². The van der Waals surface area contributed by atoms with Crippen LogP contribution in [0.2, 0.25) is 0 Å². The quantitative estimate of drug-likeness (QED) is 0.855. The summed E-state index contributed by atoms with van der Waals surface area (Å²) in [6, 6.07) is 1.80. The van der Waals surface area contributed by atoms with Crippen molar-refractivity contribution in [2.75, 3.05) is 26.2 Å². The van der Waals surface area contributed by atoms with Gasteiger partial charge in [0.1, 0.15) is 12.4 Å². The Morgan fingerprint density at radius 3 is 2.94 bits per heavy atom. The summed E-state index contributed by atoms with van der Waals surface area (Å²) in [5.41, 5.74) is 0. The van der Waals surface area contributed by atoms with Gasteiger partial charge in [0.15, 0.2) is 0 Å². The predicted molar refractivity (Wildman–Crippen MR) is 63.4 cm³/mol. The van der Waals surface area contributed by atoms with Crippen LogP contribution in [0.25, 0.3) is 0 Å². The second-order valence-electron chi connectivity index (χ2n) is 4.07. The molecule has 0 N–H and O–H groups in total. The van der Waals surface area contributed by atoms with Crippen molar-refractivity contribution in [2.24, 2.45) is 0 Å². The van der Waals surface area contributed by atoms with Crippen molar-refractivity contribution in [2.45, 2.75) is 12.3 Å². The minimum Gasteiger partial charge on any atom is -0.491 e. The average Bonchev–Trinajstić information content (AvgIpc) is 2.58. The van der Waals surface area contributed by atoms with E-state index in [-0.39, 0.29) is 13.0 Å². The average molecular weight is 307 g/mol. The van der Waals surface area contributed by atoms with Crippen LogP contribution in [-0.2, 0) is 0 Å². The molecule has 0 aromatic carbocycles. The zero-order valence-corrected chi connectivity index (χ0v) is 10.8. The fourth-order valence-electron chi connectivity index (χ4n) is 1.76. The number of hydrogen-bond acceptors (Lipinski definition) is 3. The van der Waals surface area contributed by atoms with E-state index in [1.54, 1.807) is 23.4 Å². The Balaban J connectivity index is 1.73. The molecule has 0 spiro atoms. The number of halogens is 3. The largest absolute Gasteiger partial charge is 0.491 e. The lowest BCUT2D eigenvalue weighted by molar-refractivity contribution is 0.0113. The van der Waals surface area contributed by atoms with E-state index in [4.69, 9.17) is 4.74 Å². The molecule has 2 rings (SSSR count). The molecule has 0 amide bonds. The number of alkyl halides is 2. The van der Waals surface area contributed by atoms with Gasteiger partial charge in [-0.25, -0.2) is 8.78 Å². The molecular weight excluding hydrogens is 294 g/mol. The number of pyridine rings is 1. The molecule has 0 unspecified atom stereocenters. The SMILES string of the molecule is FC1(F)CCN(CCOc2cncc(Br)c2)C1. The third-order valence-corrected chi connectivity index (χ3v) is 3.04. The summed E-state index contributed by atoms with van der Waals surface area (Å²) >= 11 is 3.28. The van der Waals surface area contributed by atoms with Crippen LogP contribution in [0.15, 0.2) is 22.9 Å². The number of aromatic nitrogens is 1. The molecule has 1 aliphatic heterocycles. The maximum absolute atomic E-state index is 12.9. The maximum Gasteiger partial charge on any atom is 0.261 e. The van der Waals surface area contributed by atoms with Crippen molar-refractivity contribution in [1.29, 1.82) is 0 Å². The Kier molecular flexibility index (Phi) is 3.93. The summed E-state index contributed by atoms with van der Waals surface area (Å²) in [7, 11) is 0. The summed E-state index contributed by atoms with van der Waals surface area (Å²) < 4.78 is 32.1. The Morgan fingerprint density at radius 2 is 2.29 bits per heavy atom. The lowest BCUT2D eigenvalue weighted by Gasteiger charge is -2.15. The van der Waals surface area contributed by atoms with Crippen LogP contribution in [0.1, 0.15) is 6.42 Å². The first-order chi connectivity index (χ1) is 8.05. The van der Waals surface area contributed by atoms with Crippen LogP contribution in [0, 0.1) is 0 Å². The van der Waals surface area contributed by atoms with E-state index < -0.39 is 5.92 Å². The van der Waals surface area contributed by atoms with Gasteiger partial charge in [-0.05, 0) is 22.0 Å². The van der Waals surface area contributed by atoms with Crippen LogP contribution < -0.4 is 4.74 Å². The number of rotatable bonds is 4. The third kappa shape index (κ3) is 3.89. The predicted octanol–water partition coefficient (Wildman–Crippen LogP) is 2.56. The molecule has 0 bridgehead atoms. The number of hydrogen-bond donors (Lipinski definition) is 0. The maximum atomic E-state index is 12.9. The lowest BCUT2D eigenvalue weighted by Crippen LogP contribution is -2.29. The van der Waals surface area contributed by atoms with Gasteiger partial charge in [-0.3, -0.25) is 9.88 Å². The van der Waals surface area contributed by atoms with Crippen LogP contribution in [-0.4, -0.2) is 42.0 Å². The summed E-state index contributed by atoms with van der Waals surface area (Å²) in [4.78, 5) is 5.67. The summed E-state index contributed by atoms with van der Waals surface area (Å²) in [5.74, 6) is -1.89. The monoisotopic (exact) mass is 306 g/mol. The van der Waals surface area contributed by atoms with Gasteiger partial charge in [-0.1, -0.05) is 0 Å². The zero-order valence-electron chi connectivity index (χ0n) is 9.20. The zero-order chi connectivity index (χ0) is 12.3. The Bertz CT molecular complexity index is 389. The Hall–Kier alpha value is -0.750. The number of ether oxygens (including phenoxy) is 1. The second kappa shape index (κ2) is 5.27. The summed E-state index contributed by atoms with van der Waals surface area (Å²) in [6.07, 6.45) is 3.21. The molecule has 6 heteroatoms. The molecule has 0 aliphatic carbocycles. The molecule has 2 heterocycles. The minimum absolute atomic E-state index is 0.0502. The van der Waals surface area contributed by atoms with E-state index in [0.717, 1.165) is 4.47 Å². The van der Waals surface area contributed by atoms with Gasteiger partial charge in [-0.2, -0.15) is 0 Å². The van der Waals surface area contributed by atoms with Gasteiger partial charge in [0, 0.05) is 30.2 Å². The molecule has 17 heavy (non-hydrogen) atoms. The Labute approximate surface area is 107 Å². The van der Waals surface area contributed by atoms with Gasteiger partial charge in [0.25, 0.3) is 5.92 Å². The highest BCUT2D eigenvalue weighted by atomic mass is 79.9. The molecular formula is C11H13BrF2N2O. The molecule has 1 saturated heterocycles. The van der Waals surface area contributed by atoms with Crippen molar-refractivity contribution >= 4 is 15.9 Å². The van der Waals surface area contributed by atoms with Crippen LogP contribution in [0.4, 0.5) is 8.78 Å². The molecule has 3 nitrogen and oxygen atoms in total. The van der Waals surface area contributed by atoms with E-state index >= 15 is 0 Å². The van der Waals surface area contributed by atoms with Crippen molar-refractivity contribution in [3.8, 4) is 5.75 Å². The van der Waals surface area contributed by atoms with Crippen molar-refractivity contribution < 1.29 is 13.5 Å². The first kappa shape index (κ1) is 12.7. The summed E-state index contributed by atoms with van der Waals surface area (Å²) in [6.45, 7) is 1.19. The van der Waals surface area contributed by atoms with Gasteiger partial charge in [-0.15, -0.1) is 0 Å². The van der Waals surface area contributed by atoms with Crippen LogP contribution in [0.3, 0.4) is 0 Å². The first-order valence-electron chi connectivity index (χ1n) is 5.39. The van der Waals surface area contributed by atoms with E-state index in [9.17, 15) is 8.78 Å². The van der Waals surface area contributed by atoms with Crippen molar-refractivity contribution in [3.05, 3.63) is 22.9 Å². The minimum atomic E-state index is -2.53. The highest BCUT2D eigenvalue weighted by molar-refractivity contribution is 9.10. The molecule has 94 valence electrons. The molecule has 1 aromatic rings. The Morgan fingerprint density at radius 1 is 1.47 bits per heavy atom. The summed E-state index contributed by atoms with van der Waals surface area (Å²) in [5, 5.41) is 0. The van der Waals surface area contributed by atoms with Gasteiger partial charge in [0.2, 0.25) is 0 Å². The fourth-order valence-corrected chi connectivity index (χ4v) is 2.11. The standard InChI is InChI=1S/C11H13BrF2N2O/c12-9-5-10(7-15-6-9)17-4-3-16-2-1-11(13,14)8-16/h5-7H,1-4,8H2. The van der Waals surface area contributed by atoms with Gasteiger partial charge < -0.3 is 4.74 Å². The molecule has 1 fully saturated rings. The van der Waals surface area contributed by atoms with Crippen LogP contribution >= 0.6 is 15.9 Å². The molecule has 0 saturated carbocycles. The van der Waals surface area contributed by atoms with E-state index in [1.165, 1.54) is 0 Å². The smallest absolute Gasteiger partial charge is 0.261 e. The van der Waals surface area contributed by atoms with E-state index in [1.807, 2.05) is 0 Å². The van der Waals surface area contributed by atoms with Gasteiger partial charge in [0.05, 0.1) is 12.7 Å². The highest BCUT2D eigenvalue weighted by Gasteiger charge is 2.37. The molecule has 1 aliphatic rings. The normalized spacial score (nSPS) is 19.5. The first-order valence-corrected chi connectivity index (χ1v) is 6.18. The molecule has 0 radical (unpaired) electrons. The second-order valence-corrected chi connectivity index (χ2v) is 4.99. The van der Waals surface area contributed by atoms with Gasteiger partial charge >= 0.3 is 0 Å². The van der Waals surface area contributed by atoms with Crippen molar-refractivity contribution in [1.82, 2.24) is 9.88 Å². The van der Waals surface area contributed by atoms with E-state index in [0.29, 0.717) is 25.4 Å². The fraction of sp³-hybridized carbons (Fsp3) is 0.545. The van der Waals surface area contributed by atoms with Crippen molar-refractivity contribution in [3.63, 3.8) is 0 Å². The lowest BCUT2D eigenvalue weighted by atomic mass is 10.3. The molecule has 1 aromatic heterocycles.